The van der Waals surface area contributed by atoms with E-state index in [4.69, 9.17) is 20.9 Å². The molecule has 108 valence electrons. The third kappa shape index (κ3) is 3.06. The predicted octanol–water partition coefficient (Wildman–Crippen LogP) is 3.67. The number of nitrogens with zero attached hydrogens (tertiary/aromatic N) is 2. The Morgan fingerprint density at radius 3 is 2.75 bits per heavy atom. The fourth-order valence-corrected chi connectivity index (χ4v) is 3.72. The van der Waals surface area contributed by atoms with Crippen molar-refractivity contribution < 1.29 is 9.26 Å². The smallest absolute Gasteiger partial charge is 0.181 e. The molecule has 0 bridgehead atoms. The Kier molecular flexibility index (Phi) is 4.12. The zero-order chi connectivity index (χ0) is 14.1. The van der Waals surface area contributed by atoms with Crippen molar-refractivity contribution in [2.24, 2.45) is 0 Å². The minimum absolute atomic E-state index is 0.262. The second-order valence-corrected chi connectivity index (χ2v) is 6.95. The lowest BCUT2D eigenvalue weighted by atomic mass is 10.1. The minimum atomic E-state index is 0.262. The molecule has 2 aromatic rings. The molecule has 1 fully saturated rings. The molecule has 1 saturated heterocycles. The van der Waals surface area contributed by atoms with E-state index < -0.39 is 0 Å². The maximum atomic E-state index is 5.99. The summed E-state index contributed by atoms with van der Waals surface area (Å²) in [6.07, 6.45) is 2.32. The summed E-state index contributed by atoms with van der Waals surface area (Å²) in [6.45, 7) is 6.90. The number of rotatable bonds is 3. The molecule has 0 aromatic carbocycles. The van der Waals surface area contributed by atoms with Crippen LogP contribution in [0.25, 0.3) is 10.6 Å². The molecule has 0 N–H and O–H groups in total. The lowest BCUT2D eigenvalue weighted by Crippen LogP contribution is -2.44. The standard InChI is InChI=1S/C14H17ClN2O2S/c1-9-6-17(7-10(2)18-9)8-11-5-16-19-14(11)12-3-4-13(15)20-12/h3-5,9-10H,6-8H2,1-2H3/t9-,10+. The first kappa shape index (κ1) is 14.1. The summed E-state index contributed by atoms with van der Waals surface area (Å²) in [5, 5.41) is 3.94. The van der Waals surface area contributed by atoms with Gasteiger partial charge in [0.25, 0.3) is 0 Å². The zero-order valence-electron chi connectivity index (χ0n) is 11.5. The average Bonchev–Trinajstić information content (AvgIpc) is 2.96. The lowest BCUT2D eigenvalue weighted by molar-refractivity contribution is -0.0704. The quantitative estimate of drug-likeness (QED) is 0.867. The van der Waals surface area contributed by atoms with Crippen LogP contribution >= 0.6 is 22.9 Å². The molecule has 0 unspecified atom stereocenters. The van der Waals surface area contributed by atoms with Gasteiger partial charge in [-0.2, -0.15) is 0 Å². The number of hydrogen-bond acceptors (Lipinski definition) is 5. The number of ether oxygens (including phenoxy) is 1. The van der Waals surface area contributed by atoms with E-state index in [9.17, 15) is 0 Å². The Morgan fingerprint density at radius 2 is 2.10 bits per heavy atom. The molecule has 3 rings (SSSR count). The van der Waals surface area contributed by atoms with Gasteiger partial charge in [0, 0.05) is 25.2 Å². The molecule has 2 aromatic heterocycles. The van der Waals surface area contributed by atoms with E-state index >= 15 is 0 Å². The van der Waals surface area contributed by atoms with Crippen molar-refractivity contribution in [1.29, 1.82) is 0 Å². The van der Waals surface area contributed by atoms with E-state index in [0.717, 1.165) is 40.2 Å². The first-order valence-corrected chi connectivity index (χ1v) is 7.88. The van der Waals surface area contributed by atoms with E-state index in [1.54, 1.807) is 6.20 Å². The van der Waals surface area contributed by atoms with Crippen molar-refractivity contribution in [3.63, 3.8) is 0 Å². The molecule has 20 heavy (non-hydrogen) atoms. The number of halogens is 1. The molecule has 3 heterocycles. The summed E-state index contributed by atoms with van der Waals surface area (Å²) in [4.78, 5) is 3.40. The summed E-state index contributed by atoms with van der Waals surface area (Å²) in [5.74, 6) is 0.827. The molecule has 0 radical (unpaired) electrons. The van der Waals surface area contributed by atoms with Gasteiger partial charge < -0.3 is 9.26 Å². The molecular formula is C14H17ClN2O2S. The van der Waals surface area contributed by atoms with Crippen molar-refractivity contribution in [2.75, 3.05) is 13.1 Å². The molecule has 2 atom stereocenters. The largest absolute Gasteiger partial charge is 0.373 e. The Balaban J connectivity index is 1.77. The highest BCUT2D eigenvalue weighted by atomic mass is 35.5. The van der Waals surface area contributed by atoms with Crippen LogP contribution in [0.2, 0.25) is 4.34 Å². The molecule has 0 spiro atoms. The van der Waals surface area contributed by atoms with Gasteiger partial charge in [0.15, 0.2) is 5.76 Å². The monoisotopic (exact) mass is 312 g/mol. The van der Waals surface area contributed by atoms with Crippen LogP contribution in [0.15, 0.2) is 22.9 Å². The fraction of sp³-hybridized carbons (Fsp3) is 0.500. The molecular weight excluding hydrogens is 296 g/mol. The SMILES string of the molecule is C[C@@H]1CN(Cc2cnoc2-c2ccc(Cl)s2)C[C@H](C)O1. The van der Waals surface area contributed by atoms with E-state index in [-0.39, 0.29) is 12.2 Å². The average molecular weight is 313 g/mol. The zero-order valence-corrected chi connectivity index (χ0v) is 13.1. The van der Waals surface area contributed by atoms with Crippen LogP contribution in [0.3, 0.4) is 0 Å². The topological polar surface area (TPSA) is 38.5 Å². The minimum Gasteiger partial charge on any atom is -0.373 e. The van der Waals surface area contributed by atoms with Crippen molar-refractivity contribution in [3.05, 3.63) is 28.2 Å². The molecule has 1 aliphatic rings. The molecule has 4 nitrogen and oxygen atoms in total. The van der Waals surface area contributed by atoms with Gasteiger partial charge in [-0.15, -0.1) is 11.3 Å². The first-order chi connectivity index (χ1) is 9.61. The fourth-order valence-electron chi connectivity index (χ4n) is 2.67. The van der Waals surface area contributed by atoms with Crippen LogP contribution in [-0.2, 0) is 11.3 Å². The van der Waals surface area contributed by atoms with Crippen LogP contribution < -0.4 is 0 Å². The van der Waals surface area contributed by atoms with E-state index in [0.29, 0.717) is 0 Å². The number of morpholine rings is 1. The highest BCUT2D eigenvalue weighted by Crippen LogP contribution is 2.33. The summed E-state index contributed by atoms with van der Waals surface area (Å²) < 4.78 is 11.9. The van der Waals surface area contributed by atoms with Gasteiger partial charge in [-0.3, -0.25) is 4.90 Å². The summed E-state index contributed by atoms with van der Waals surface area (Å²) in [7, 11) is 0. The molecule has 1 aliphatic heterocycles. The normalized spacial score (nSPS) is 24.1. The number of aromatic nitrogens is 1. The molecule has 0 saturated carbocycles. The molecule has 0 aliphatic carbocycles. The highest BCUT2D eigenvalue weighted by Gasteiger charge is 2.24. The first-order valence-electron chi connectivity index (χ1n) is 6.69. The Bertz CT molecular complexity index is 573. The highest BCUT2D eigenvalue weighted by molar-refractivity contribution is 7.19. The second kappa shape index (κ2) is 5.85. The summed E-state index contributed by atoms with van der Waals surface area (Å²) in [6, 6.07) is 3.86. The maximum absolute atomic E-state index is 5.99. The Hall–Kier alpha value is -0.880. The van der Waals surface area contributed by atoms with Gasteiger partial charge in [0.2, 0.25) is 0 Å². The van der Waals surface area contributed by atoms with Gasteiger partial charge in [0.1, 0.15) is 0 Å². The van der Waals surface area contributed by atoms with Gasteiger partial charge in [0.05, 0.1) is 27.6 Å². The maximum Gasteiger partial charge on any atom is 0.181 e. The van der Waals surface area contributed by atoms with E-state index in [1.807, 2.05) is 12.1 Å². The Labute approximate surface area is 127 Å². The summed E-state index contributed by atoms with van der Waals surface area (Å²) in [5.41, 5.74) is 1.10. The van der Waals surface area contributed by atoms with Crippen molar-refractivity contribution in [3.8, 4) is 10.6 Å². The van der Waals surface area contributed by atoms with Crippen molar-refractivity contribution in [2.45, 2.75) is 32.6 Å². The van der Waals surface area contributed by atoms with Crippen molar-refractivity contribution in [1.82, 2.24) is 10.1 Å². The predicted molar refractivity (Wildman–Crippen MR) is 80.1 cm³/mol. The Morgan fingerprint density at radius 1 is 1.35 bits per heavy atom. The second-order valence-electron chi connectivity index (χ2n) is 5.24. The van der Waals surface area contributed by atoms with E-state index in [2.05, 4.69) is 23.9 Å². The van der Waals surface area contributed by atoms with E-state index in [1.165, 1.54) is 11.3 Å². The van der Waals surface area contributed by atoms with Gasteiger partial charge in [-0.1, -0.05) is 16.8 Å². The lowest BCUT2D eigenvalue weighted by Gasteiger charge is -2.35. The third-order valence-electron chi connectivity index (χ3n) is 3.33. The van der Waals surface area contributed by atoms with Gasteiger partial charge >= 0.3 is 0 Å². The van der Waals surface area contributed by atoms with Crippen LogP contribution in [0.5, 0.6) is 0 Å². The molecule has 0 amide bonds. The van der Waals surface area contributed by atoms with Crippen LogP contribution in [-0.4, -0.2) is 35.4 Å². The van der Waals surface area contributed by atoms with Crippen molar-refractivity contribution >= 4 is 22.9 Å². The van der Waals surface area contributed by atoms with Gasteiger partial charge in [-0.05, 0) is 26.0 Å². The number of hydrogen-bond donors (Lipinski definition) is 0. The van der Waals surface area contributed by atoms with Crippen LogP contribution in [0, 0.1) is 0 Å². The van der Waals surface area contributed by atoms with Crippen LogP contribution in [0.4, 0.5) is 0 Å². The van der Waals surface area contributed by atoms with Crippen LogP contribution in [0.1, 0.15) is 19.4 Å². The third-order valence-corrected chi connectivity index (χ3v) is 4.56. The van der Waals surface area contributed by atoms with Gasteiger partial charge in [-0.25, -0.2) is 0 Å². The molecule has 6 heteroatoms. The summed E-state index contributed by atoms with van der Waals surface area (Å²) >= 11 is 7.50. The number of thiophene rings is 1.